The Morgan fingerprint density at radius 3 is 2.80 bits per heavy atom. The summed E-state index contributed by atoms with van der Waals surface area (Å²) in [5.74, 6) is 0. The quantitative estimate of drug-likeness (QED) is 0.792. The predicted octanol–water partition coefficient (Wildman–Crippen LogP) is 2.39. The molecule has 0 aliphatic heterocycles. The fourth-order valence-corrected chi connectivity index (χ4v) is 2.29. The summed E-state index contributed by atoms with van der Waals surface area (Å²) in [5, 5.41) is 19.1. The summed E-state index contributed by atoms with van der Waals surface area (Å²) in [6, 6.07) is 8.10. The number of aliphatic hydroxyl groups is 1. The number of rotatable bonds is 4. The predicted molar refractivity (Wildman–Crippen MR) is 76.5 cm³/mol. The molecular formula is C15H18N4O. The third kappa shape index (κ3) is 2.32. The number of nitrogens with zero attached hydrogens (tertiary/aromatic N) is 4. The van der Waals surface area contributed by atoms with Crippen LogP contribution in [0.3, 0.4) is 0 Å². The van der Waals surface area contributed by atoms with Crippen molar-refractivity contribution in [1.29, 1.82) is 0 Å². The van der Waals surface area contributed by atoms with Gasteiger partial charge in [0, 0.05) is 30.4 Å². The molecular weight excluding hydrogens is 252 g/mol. The zero-order chi connectivity index (χ0) is 14.1. The molecule has 3 heterocycles. The Labute approximate surface area is 117 Å². The lowest BCUT2D eigenvalue weighted by atomic mass is 10.1. The average Bonchev–Trinajstić information content (AvgIpc) is 3.04. The normalized spacial score (nSPS) is 13.2. The highest BCUT2D eigenvalue weighted by Gasteiger charge is 2.15. The fourth-order valence-electron chi connectivity index (χ4n) is 2.29. The van der Waals surface area contributed by atoms with Crippen LogP contribution < -0.4 is 0 Å². The highest BCUT2D eigenvalue weighted by Crippen LogP contribution is 2.22. The minimum absolute atomic E-state index is 0.331. The summed E-state index contributed by atoms with van der Waals surface area (Å²) >= 11 is 0. The maximum absolute atomic E-state index is 10.4. The lowest BCUT2D eigenvalue weighted by Crippen LogP contribution is -2.05. The van der Waals surface area contributed by atoms with Crippen LogP contribution in [0.5, 0.6) is 0 Å². The molecule has 0 aromatic carbocycles. The van der Waals surface area contributed by atoms with E-state index < -0.39 is 6.10 Å². The molecule has 0 saturated carbocycles. The van der Waals surface area contributed by atoms with Gasteiger partial charge in [0.2, 0.25) is 0 Å². The lowest BCUT2D eigenvalue weighted by molar-refractivity contribution is 0.178. The van der Waals surface area contributed by atoms with E-state index in [1.165, 1.54) is 0 Å². The Kier molecular flexibility index (Phi) is 3.28. The highest BCUT2D eigenvalue weighted by molar-refractivity contribution is 5.54. The van der Waals surface area contributed by atoms with Crippen LogP contribution in [0.15, 0.2) is 42.9 Å². The van der Waals surface area contributed by atoms with Crippen molar-refractivity contribution in [2.45, 2.75) is 32.4 Å². The molecule has 1 N–H and O–H groups in total. The molecule has 1 unspecified atom stereocenters. The van der Waals surface area contributed by atoms with Gasteiger partial charge in [-0.15, -0.1) is 0 Å². The Bertz CT molecular complexity index is 713. The van der Waals surface area contributed by atoms with Crippen molar-refractivity contribution in [3.8, 4) is 0 Å². The molecule has 0 radical (unpaired) electrons. The van der Waals surface area contributed by atoms with Gasteiger partial charge in [-0.05, 0) is 32.0 Å². The van der Waals surface area contributed by atoms with Crippen molar-refractivity contribution in [3.63, 3.8) is 0 Å². The second-order valence-electron chi connectivity index (χ2n) is 5.23. The van der Waals surface area contributed by atoms with Gasteiger partial charge in [0.25, 0.3) is 0 Å². The molecule has 5 nitrogen and oxygen atoms in total. The Morgan fingerprint density at radius 1 is 1.20 bits per heavy atom. The molecule has 104 valence electrons. The number of aromatic nitrogens is 4. The highest BCUT2D eigenvalue weighted by atomic mass is 16.3. The van der Waals surface area contributed by atoms with Crippen LogP contribution in [0.1, 0.15) is 37.3 Å². The Hall–Kier alpha value is -2.14. The van der Waals surface area contributed by atoms with E-state index >= 15 is 0 Å². The Balaban J connectivity index is 1.83. The summed E-state index contributed by atoms with van der Waals surface area (Å²) in [6.45, 7) is 4.16. The molecule has 3 rings (SSSR count). The molecule has 1 atom stereocenters. The Morgan fingerprint density at radius 2 is 2.05 bits per heavy atom. The van der Waals surface area contributed by atoms with Crippen LogP contribution in [0.2, 0.25) is 0 Å². The molecule has 20 heavy (non-hydrogen) atoms. The van der Waals surface area contributed by atoms with E-state index in [2.05, 4.69) is 24.0 Å². The van der Waals surface area contributed by atoms with Crippen molar-refractivity contribution in [2.75, 3.05) is 0 Å². The van der Waals surface area contributed by atoms with E-state index in [1.807, 2.05) is 41.3 Å². The third-order valence-corrected chi connectivity index (χ3v) is 3.41. The molecule has 0 aliphatic carbocycles. The first kappa shape index (κ1) is 12.9. The van der Waals surface area contributed by atoms with Crippen molar-refractivity contribution >= 4 is 5.52 Å². The fraction of sp³-hybridized carbons (Fsp3) is 0.333. The van der Waals surface area contributed by atoms with Crippen molar-refractivity contribution in [2.24, 2.45) is 0 Å². The molecule has 3 aromatic heterocycles. The van der Waals surface area contributed by atoms with E-state index in [0.29, 0.717) is 12.5 Å². The monoisotopic (exact) mass is 270 g/mol. The van der Waals surface area contributed by atoms with Crippen LogP contribution in [0, 0.1) is 0 Å². The zero-order valence-electron chi connectivity index (χ0n) is 11.6. The third-order valence-electron chi connectivity index (χ3n) is 3.41. The summed E-state index contributed by atoms with van der Waals surface area (Å²) in [4.78, 5) is 0. The zero-order valence-corrected chi connectivity index (χ0v) is 11.6. The van der Waals surface area contributed by atoms with Gasteiger partial charge in [-0.1, -0.05) is 6.07 Å². The lowest BCUT2D eigenvalue weighted by Gasteiger charge is -2.08. The molecule has 0 saturated heterocycles. The molecule has 0 bridgehead atoms. The SMILES string of the molecule is CC(C)n1ccc(CC(O)c2cnn3ccccc23)n1. The molecule has 0 amide bonds. The van der Waals surface area contributed by atoms with Gasteiger partial charge >= 0.3 is 0 Å². The van der Waals surface area contributed by atoms with Crippen LogP contribution >= 0.6 is 0 Å². The van der Waals surface area contributed by atoms with Crippen LogP contribution in [-0.2, 0) is 6.42 Å². The van der Waals surface area contributed by atoms with Gasteiger partial charge in [-0.2, -0.15) is 10.2 Å². The summed E-state index contributed by atoms with van der Waals surface area (Å²) in [7, 11) is 0. The van der Waals surface area contributed by atoms with Gasteiger partial charge < -0.3 is 5.11 Å². The van der Waals surface area contributed by atoms with Crippen molar-refractivity contribution in [3.05, 3.63) is 54.1 Å². The van der Waals surface area contributed by atoms with Gasteiger partial charge in [0.15, 0.2) is 0 Å². The van der Waals surface area contributed by atoms with Crippen molar-refractivity contribution < 1.29 is 5.11 Å². The topological polar surface area (TPSA) is 55.3 Å². The smallest absolute Gasteiger partial charge is 0.0882 e. The summed E-state index contributed by atoms with van der Waals surface area (Å²) in [6.07, 6.45) is 5.45. The molecule has 0 fully saturated rings. The number of pyridine rings is 1. The van der Waals surface area contributed by atoms with Crippen LogP contribution in [0.4, 0.5) is 0 Å². The average molecular weight is 270 g/mol. The van der Waals surface area contributed by atoms with Gasteiger partial charge in [-0.3, -0.25) is 4.68 Å². The van der Waals surface area contributed by atoms with Gasteiger partial charge in [0.1, 0.15) is 0 Å². The standard InChI is InChI=1S/C15H18N4O/c1-11(2)18-8-6-12(17-18)9-15(20)13-10-16-19-7-4-3-5-14(13)19/h3-8,10-11,15,20H,9H2,1-2H3. The number of hydrogen-bond acceptors (Lipinski definition) is 3. The second-order valence-corrected chi connectivity index (χ2v) is 5.23. The minimum Gasteiger partial charge on any atom is -0.388 e. The molecule has 0 aliphatic rings. The summed E-state index contributed by atoms with van der Waals surface area (Å²) < 4.78 is 3.67. The van der Waals surface area contributed by atoms with Crippen LogP contribution in [-0.4, -0.2) is 24.5 Å². The number of hydrogen-bond donors (Lipinski definition) is 1. The first-order valence-corrected chi connectivity index (χ1v) is 6.79. The molecule has 0 spiro atoms. The molecule has 5 heteroatoms. The van der Waals surface area contributed by atoms with Gasteiger partial charge in [0.05, 0.1) is 23.5 Å². The maximum Gasteiger partial charge on any atom is 0.0882 e. The van der Waals surface area contributed by atoms with E-state index in [1.54, 1.807) is 10.7 Å². The first-order chi connectivity index (χ1) is 9.65. The second kappa shape index (κ2) is 5.09. The summed E-state index contributed by atoms with van der Waals surface area (Å²) in [5.41, 5.74) is 2.66. The van der Waals surface area contributed by atoms with E-state index in [0.717, 1.165) is 16.8 Å². The van der Waals surface area contributed by atoms with Crippen molar-refractivity contribution in [1.82, 2.24) is 19.4 Å². The molecule has 3 aromatic rings. The van der Waals surface area contributed by atoms with Crippen LogP contribution in [0.25, 0.3) is 5.52 Å². The first-order valence-electron chi connectivity index (χ1n) is 6.79. The largest absolute Gasteiger partial charge is 0.388 e. The number of fused-ring (bicyclic) bond motifs is 1. The van der Waals surface area contributed by atoms with Gasteiger partial charge in [-0.25, -0.2) is 4.52 Å². The maximum atomic E-state index is 10.4. The minimum atomic E-state index is -0.592. The van der Waals surface area contributed by atoms with E-state index in [-0.39, 0.29) is 0 Å². The number of aliphatic hydroxyl groups excluding tert-OH is 1. The van der Waals surface area contributed by atoms with E-state index in [4.69, 9.17) is 0 Å². The van der Waals surface area contributed by atoms with E-state index in [9.17, 15) is 5.11 Å².